The summed E-state index contributed by atoms with van der Waals surface area (Å²) >= 11 is 0. The molecule has 1 saturated carbocycles. The van der Waals surface area contributed by atoms with Crippen LogP contribution in [0.25, 0.3) is 0 Å². The summed E-state index contributed by atoms with van der Waals surface area (Å²) in [6.07, 6.45) is 13.2. The van der Waals surface area contributed by atoms with E-state index in [-0.39, 0.29) is 6.04 Å². The first kappa shape index (κ1) is 14.3. The Balaban J connectivity index is 1.68. The van der Waals surface area contributed by atoms with E-state index in [0.29, 0.717) is 6.04 Å². The molecule has 6 nitrogen and oxygen atoms in total. The number of rotatable bonds is 5. The molecule has 0 amide bonds. The molecule has 0 bridgehead atoms. The van der Waals surface area contributed by atoms with E-state index in [1.165, 1.54) is 32.1 Å². The maximum atomic E-state index is 5.68. The largest absolute Gasteiger partial charge is 0.340 e. The SMILES string of the molecule is Cn1cnc(C(Cc2ccn(C3CCCCC3)n2)NN)c1. The van der Waals surface area contributed by atoms with Gasteiger partial charge >= 0.3 is 0 Å². The molecule has 2 aromatic heterocycles. The van der Waals surface area contributed by atoms with Crippen LogP contribution in [0.4, 0.5) is 0 Å². The first-order valence-electron chi connectivity index (χ1n) is 7.74. The van der Waals surface area contributed by atoms with Crippen molar-refractivity contribution in [2.24, 2.45) is 12.9 Å². The molecule has 3 rings (SSSR count). The summed E-state index contributed by atoms with van der Waals surface area (Å²) in [5.41, 5.74) is 4.86. The zero-order valence-electron chi connectivity index (χ0n) is 12.6. The molecule has 2 heterocycles. The predicted molar refractivity (Wildman–Crippen MR) is 81.3 cm³/mol. The van der Waals surface area contributed by atoms with Crippen LogP contribution in [0.15, 0.2) is 24.8 Å². The second kappa shape index (κ2) is 6.41. The fourth-order valence-electron chi connectivity index (χ4n) is 3.11. The monoisotopic (exact) mass is 288 g/mol. The second-order valence-corrected chi connectivity index (χ2v) is 5.97. The minimum atomic E-state index is 0.000839. The summed E-state index contributed by atoms with van der Waals surface area (Å²) in [5, 5.41) is 4.74. The van der Waals surface area contributed by atoms with Gasteiger partial charge in [0.2, 0.25) is 0 Å². The minimum absolute atomic E-state index is 0.000839. The summed E-state index contributed by atoms with van der Waals surface area (Å²) in [6.45, 7) is 0. The molecule has 1 atom stereocenters. The highest BCUT2D eigenvalue weighted by molar-refractivity contribution is 5.10. The van der Waals surface area contributed by atoms with Gasteiger partial charge in [0, 0.05) is 25.9 Å². The van der Waals surface area contributed by atoms with Gasteiger partial charge in [0.1, 0.15) is 0 Å². The summed E-state index contributed by atoms with van der Waals surface area (Å²) in [5.74, 6) is 5.68. The number of aromatic nitrogens is 4. The van der Waals surface area contributed by atoms with Crippen molar-refractivity contribution in [3.8, 4) is 0 Å². The average Bonchev–Trinajstić information content (AvgIpc) is 3.15. The van der Waals surface area contributed by atoms with Crippen molar-refractivity contribution in [1.29, 1.82) is 0 Å². The molecule has 6 heteroatoms. The normalized spacial score (nSPS) is 18.0. The van der Waals surface area contributed by atoms with Crippen LogP contribution in [-0.2, 0) is 13.5 Å². The number of hydrazine groups is 1. The van der Waals surface area contributed by atoms with E-state index in [2.05, 4.69) is 27.4 Å². The average molecular weight is 288 g/mol. The van der Waals surface area contributed by atoms with Gasteiger partial charge in [-0.2, -0.15) is 5.10 Å². The molecule has 1 fully saturated rings. The van der Waals surface area contributed by atoms with E-state index in [4.69, 9.17) is 10.9 Å². The lowest BCUT2D eigenvalue weighted by atomic mass is 9.96. The van der Waals surface area contributed by atoms with Gasteiger partial charge in [0.25, 0.3) is 0 Å². The van der Waals surface area contributed by atoms with E-state index >= 15 is 0 Å². The zero-order valence-corrected chi connectivity index (χ0v) is 12.6. The van der Waals surface area contributed by atoms with Crippen molar-refractivity contribution in [3.05, 3.63) is 36.2 Å². The number of hydrogen-bond acceptors (Lipinski definition) is 4. The molecule has 114 valence electrons. The molecular weight excluding hydrogens is 264 g/mol. The first-order chi connectivity index (χ1) is 10.3. The smallest absolute Gasteiger partial charge is 0.0947 e. The van der Waals surface area contributed by atoms with Crippen LogP contribution in [0.2, 0.25) is 0 Å². The van der Waals surface area contributed by atoms with Crippen LogP contribution in [0.1, 0.15) is 55.6 Å². The van der Waals surface area contributed by atoms with E-state index < -0.39 is 0 Å². The highest BCUT2D eigenvalue weighted by Crippen LogP contribution is 2.27. The standard InChI is InChI=1S/C15H24N6/c1-20-10-15(17-11-20)14(18-16)9-12-7-8-21(19-12)13-5-3-2-4-6-13/h7-8,10-11,13-14,18H,2-6,9,16H2,1H3. The molecule has 0 aliphatic heterocycles. The minimum Gasteiger partial charge on any atom is -0.340 e. The van der Waals surface area contributed by atoms with E-state index in [1.807, 2.05) is 17.8 Å². The van der Waals surface area contributed by atoms with Crippen LogP contribution >= 0.6 is 0 Å². The maximum absolute atomic E-state index is 5.68. The zero-order chi connectivity index (χ0) is 14.7. The fraction of sp³-hybridized carbons (Fsp3) is 0.600. The van der Waals surface area contributed by atoms with E-state index in [0.717, 1.165) is 17.8 Å². The van der Waals surface area contributed by atoms with Gasteiger partial charge < -0.3 is 4.57 Å². The lowest BCUT2D eigenvalue weighted by Crippen LogP contribution is -2.30. The van der Waals surface area contributed by atoms with Crippen LogP contribution in [0, 0.1) is 0 Å². The Bertz CT molecular complexity index is 566. The van der Waals surface area contributed by atoms with Gasteiger partial charge in [-0.05, 0) is 18.9 Å². The molecule has 3 N–H and O–H groups in total. The van der Waals surface area contributed by atoms with Gasteiger partial charge in [-0.3, -0.25) is 16.0 Å². The highest BCUT2D eigenvalue weighted by atomic mass is 15.3. The lowest BCUT2D eigenvalue weighted by molar-refractivity contribution is 0.327. The Morgan fingerprint density at radius 3 is 2.86 bits per heavy atom. The number of hydrogen-bond donors (Lipinski definition) is 2. The van der Waals surface area contributed by atoms with Crippen molar-refractivity contribution >= 4 is 0 Å². The Morgan fingerprint density at radius 2 is 2.19 bits per heavy atom. The molecule has 0 radical (unpaired) electrons. The van der Waals surface area contributed by atoms with Crippen molar-refractivity contribution < 1.29 is 0 Å². The summed E-state index contributed by atoms with van der Waals surface area (Å²) < 4.78 is 4.07. The lowest BCUT2D eigenvalue weighted by Gasteiger charge is -2.21. The molecule has 2 aromatic rings. The Kier molecular flexibility index (Phi) is 4.36. The molecule has 0 saturated heterocycles. The molecule has 1 unspecified atom stereocenters. The van der Waals surface area contributed by atoms with Gasteiger partial charge in [0.15, 0.2) is 0 Å². The van der Waals surface area contributed by atoms with Crippen LogP contribution in [0.3, 0.4) is 0 Å². The fourth-order valence-corrected chi connectivity index (χ4v) is 3.11. The van der Waals surface area contributed by atoms with Gasteiger partial charge in [-0.1, -0.05) is 19.3 Å². The highest BCUT2D eigenvalue weighted by Gasteiger charge is 2.18. The molecular formula is C15H24N6. The van der Waals surface area contributed by atoms with Gasteiger partial charge in [0.05, 0.1) is 29.8 Å². The van der Waals surface area contributed by atoms with E-state index in [1.54, 1.807) is 6.33 Å². The topological polar surface area (TPSA) is 73.7 Å². The molecule has 1 aliphatic rings. The number of nitrogens with two attached hydrogens (primary N) is 1. The van der Waals surface area contributed by atoms with Crippen LogP contribution in [0.5, 0.6) is 0 Å². The van der Waals surface area contributed by atoms with Crippen molar-refractivity contribution in [2.45, 2.75) is 50.6 Å². The third-order valence-corrected chi connectivity index (χ3v) is 4.31. The number of nitrogens with one attached hydrogen (secondary N) is 1. The van der Waals surface area contributed by atoms with Crippen LogP contribution in [-0.4, -0.2) is 19.3 Å². The molecule has 1 aliphatic carbocycles. The van der Waals surface area contributed by atoms with Crippen molar-refractivity contribution in [1.82, 2.24) is 24.8 Å². The molecule has 0 spiro atoms. The van der Waals surface area contributed by atoms with Crippen LogP contribution < -0.4 is 11.3 Å². The van der Waals surface area contributed by atoms with Gasteiger partial charge in [-0.15, -0.1) is 0 Å². The summed E-state index contributed by atoms with van der Waals surface area (Å²) in [6, 6.07) is 2.68. The third kappa shape index (κ3) is 3.33. The third-order valence-electron chi connectivity index (χ3n) is 4.31. The molecule has 0 aromatic carbocycles. The number of imidazole rings is 1. The maximum Gasteiger partial charge on any atom is 0.0947 e. The second-order valence-electron chi connectivity index (χ2n) is 5.97. The Hall–Kier alpha value is -1.66. The summed E-state index contributed by atoms with van der Waals surface area (Å²) in [7, 11) is 1.96. The summed E-state index contributed by atoms with van der Waals surface area (Å²) in [4.78, 5) is 4.37. The quantitative estimate of drug-likeness (QED) is 0.650. The number of aryl methyl sites for hydroxylation is 1. The van der Waals surface area contributed by atoms with E-state index in [9.17, 15) is 0 Å². The van der Waals surface area contributed by atoms with Crippen molar-refractivity contribution in [2.75, 3.05) is 0 Å². The predicted octanol–water partition coefficient (Wildman–Crippen LogP) is 1.87. The molecule has 21 heavy (non-hydrogen) atoms. The van der Waals surface area contributed by atoms with Crippen molar-refractivity contribution in [3.63, 3.8) is 0 Å². The van der Waals surface area contributed by atoms with Gasteiger partial charge in [-0.25, -0.2) is 4.98 Å². The Morgan fingerprint density at radius 1 is 1.38 bits per heavy atom. The Labute approximate surface area is 125 Å². The first-order valence-corrected chi connectivity index (χ1v) is 7.74. The number of nitrogens with zero attached hydrogens (tertiary/aromatic N) is 4.